The molecular formula is C9H18N4. The van der Waals surface area contributed by atoms with Gasteiger partial charge in [0.15, 0.2) is 5.96 Å². The molecule has 0 bridgehead atoms. The number of hydrogen-bond donors (Lipinski definition) is 2. The van der Waals surface area contributed by atoms with Gasteiger partial charge in [-0.3, -0.25) is 4.90 Å². The molecule has 2 atom stereocenters. The summed E-state index contributed by atoms with van der Waals surface area (Å²) in [6.45, 7) is 2.41. The monoisotopic (exact) mass is 182 g/mol. The van der Waals surface area contributed by atoms with Crippen molar-refractivity contribution in [2.45, 2.75) is 37.8 Å². The van der Waals surface area contributed by atoms with E-state index in [2.05, 4.69) is 9.89 Å². The second kappa shape index (κ2) is 3.54. The number of aliphatic imine (C=N–C) groups is 1. The summed E-state index contributed by atoms with van der Waals surface area (Å²) in [6, 6.07) is 0.987. The topological polar surface area (TPSA) is 67.6 Å². The first-order chi connectivity index (χ1) is 6.27. The highest BCUT2D eigenvalue weighted by molar-refractivity contribution is 5.75. The average Bonchev–Trinajstić information content (AvgIpc) is 2.48. The summed E-state index contributed by atoms with van der Waals surface area (Å²) in [5.41, 5.74) is 10.8. The largest absolute Gasteiger partial charge is 0.370 e. The minimum atomic E-state index is 0.248. The van der Waals surface area contributed by atoms with Crippen LogP contribution in [0.4, 0.5) is 0 Å². The van der Waals surface area contributed by atoms with Crippen LogP contribution in [0.25, 0.3) is 0 Å². The third kappa shape index (κ3) is 1.77. The minimum Gasteiger partial charge on any atom is -0.370 e. The van der Waals surface area contributed by atoms with Gasteiger partial charge in [0.1, 0.15) is 0 Å². The molecule has 0 aromatic heterocycles. The average molecular weight is 182 g/mol. The molecule has 0 aromatic rings. The van der Waals surface area contributed by atoms with E-state index in [0.29, 0.717) is 12.1 Å². The molecule has 2 fully saturated rings. The number of piperidine rings is 1. The van der Waals surface area contributed by atoms with Gasteiger partial charge < -0.3 is 11.5 Å². The molecular weight excluding hydrogens is 164 g/mol. The molecule has 2 saturated heterocycles. The van der Waals surface area contributed by atoms with Crippen molar-refractivity contribution in [3.8, 4) is 0 Å². The zero-order chi connectivity index (χ0) is 9.26. The fourth-order valence-electron chi connectivity index (χ4n) is 2.56. The lowest BCUT2D eigenvalue weighted by Crippen LogP contribution is -2.39. The second-order valence-electron chi connectivity index (χ2n) is 4.01. The molecule has 0 radical (unpaired) electrons. The molecule has 2 unspecified atom stereocenters. The van der Waals surface area contributed by atoms with E-state index in [1.807, 2.05) is 0 Å². The lowest BCUT2D eigenvalue weighted by molar-refractivity contribution is 0.190. The normalized spacial score (nSPS) is 34.2. The maximum Gasteiger partial charge on any atom is 0.186 e. The molecule has 0 aliphatic carbocycles. The van der Waals surface area contributed by atoms with Gasteiger partial charge in [-0.05, 0) is 25.8 Å². The predicted octanol–water partition coefficient (Wildman–Crippen LogP) is -0.113. The Morgan fingerprint density at radius 2 is 2.00 bits per heavy atom. The van der Waals surface area contributed by atoms with E-state index >= 15 is 0 Å². The predicted molar refractivity (Wildman–Crippen MR) is 53.4 cm³/mol. The van der Waals surface area contributed by atoms with E-state index in [9.17, 15) is 0 Å². The van der Waals surface area contributed by atoms with Crippen LogP contribution in [0.1, 0.15) is 25.7 Å². The van der Waals surface area contributed by atoms with Gasteiger partial charge in [0.2, 0.25) is 0 Å². The summed E-state index contributed by atoms with van der Waals surface area (Å²) in [7, 11) is 0. The van der Waals surface area contributed by atoms with Crippen LogP contribution in [0.15, 0.2) is 4.99 Å². The van der Waals surface area contributed by atoms with Gasteiger partial charge in [-0.15, -0.1) is 0 Å². The van der Waals surface area contributed by atoms with Gasteiger partial charge in [0, 0.05) is 12.6 Å². The van der Waals surface area contributed by atoms with Crippen molar-refractivity contribution in [2.75, 3.05) is 13.1 Å². The lowest BCUT2D eigenvalue weighted by atomic mass is 10.00. The third-order valence-corrected chi connectivity index (χ3v) is 3.14. The van der Waals surface area contributed by atoms with Crippen molar-refractivity contribution in [2.24, 2.45) is 16.5 Å². The molecule has 0 aromatic carbocycles. The van der Waals surface area contributed by atoms with Crippen molar-refractivity contribution in [1.82, 2.24) is 4.90 Å². The quantitative estimate of drug-likeness (QED) is 0.439. The van der Waals surface area contributed by atoms with E-state index in [1.165, 1.54) is 32.4 Å². The zero-order valence-electron chi connectivity index (χ0n) is 7.95. The Labute approximate surface area is 79.0 Å². The molecule has 2 aliphatic heterocycles. The molecule has 0 saturated carbocycles. The highest BCUT2D eigenvalue weighted by Crippen LogP contribution is 2.28. The molecule has 74 valence electrons. The molecule has 2 rings (SSSR count). The molecule has 2 heterocycles. The number of guanidine groups is 1. The Balaban J connectivity index is 2.03. The smallest absolute Gasteiger partial charge is 0.186 e. The van der Waals surface area contributed by atoms with Crippen LogP contribution in [0.5, 0.6) is 0 Å². The fraction of sp³-hybridized carbons (Fsp3) is 0.889. The summed E-state index contributed by atoms with van der Waals surface area (Å²) < 4.78 is 0. The van der Waals surface area contributed by atoms with Crippen LogP contribution in [0, 0.1) is 0 Å². The Morgan fingerprint density at radius 1 is 1.15 bits per heavy atom. The summed E-state index contributed by atoms with van der Waals surface area (Å²) in [4.78, 5) is 6.82. The lowest BCUT2D eigenvalue weighted by Gasteiger charge is -2.30. The Morgan fingerprint density at radius 3 is 2.77 bits per heavy atom. The zero-order valence-corrected chi connectivity index (χ0v) is 7.95. The first-order valence-corrected chi connectivity index (χ1v) is 5.10. The molecule has 4 nitrogen and oxygen atoms in total. The van der Waals surface area contributed by atoms with Crippen molar-refractivity contribution in [3.63, 3.8) is 0 Å². The Bertz CT molecular complexity index is 210. The van der Waals surface area contributed by atoms with Crippen LogP contribution in [-0.2, 0) is 0 Å². The van der Waals surface area contributed by atoms with E-state index < -0.39 is 0 Å². The van der Waals surface area contributed by atoms with Crippen molar-refractivity contribution >= 4 is 5.96 Å². The third-order valence-electron chi connectivity index (χ3n) is 3.14. The van der Waals surface area contributed by atoms with Crippen LogP contribution >= 0.6 is 0 Å². The number of fused-ring (bicyclic) bond motifs is 1. The molecule has 0 spiro atoms. The van der Waals surface area contributed by atoms with Gasteiger partial charge in [-0.2, -0.15) is 0 Å². The number of nitrogens with two attached hydrogens (primary N) is 2. The van der Waals surface area contributed by atoms with Gasteiger partial charge in [0.05, 0.1) is 6.04 Å². The van der Waals surface area contributed by atoms with E-state index in [0.717, 1.165) is 6.42 Å². The van der Waals surface area contributed by atoms with Gasteiger partial charge in [-0.1, -0.05) is 6.42 Å². The Kier molecular flexibility index (Phi) is 2.40. The molecule has 0 amide bonds. The number of nitrogens with zero attached hydrogens (tertiary/aromatic N) is 2. The van der Waals surface area contributed by atoms with Gasteiger partial charge in [0.25, 0.3) is 0 Å². The van der Waals surface area contributed by atoms with Crippen LogP contribution < -0.4 is 11.5 Å². The number of rotatable bonds is 1. The van der Waals surface area contributed by atoms with Crippen molar-refractivity contribution < 1.29 is 0 Å². The molecule has 4 heteroatoms. The molecule has 4 N–H and O–H groups in total. The minimum absolute atomic E-state index is 0.248. The SMILES string of the molecule is NC(N)=NC1CCN2CCCCC12. The van der Waals surface area contributed by atoms with Crippen LogP contribution in [0.2, 0.25) is 0 Å². The van der Waals surface area contributed by atoms with Crippen molar-refractivity contribution in [3.05, 3.63) is 0 Å². The first-order valence-electron chi connectivity index (χ1n) is 5.10. The summed E-state index contributed by atoms with van der Waals surface area (Å²) in [5.74, 6) is 0.248. The van der Waals surface area contributed by atoms with E-state index in [4.69, 9.17) is 11.5 Å². The number of hydrogen-bond acceptors (Lipinski definition) is 2. The standard InChI is InChI=1S/C9H18N4/c10-9(11)12-7-4-6-13-5-2-1-3-8(7)13/h7-8H,1-6H2,(H4,10,11,12). The van der Waals surface area contributed by atoms with Gasteiger partial charge in [-0.25, -0.2) is 4.99 Å². The van der Waals surface area contributed by atoms with Gasteiger partial charge >= 0.3 is 0 Å². The fourth-order valence-corrected chi connectivity index (χ4v) is 2.56. The highest BCUT2D eigenvalue weighted by atomic mass is 15.2. The maximum atomic E-state index is 5.40. The summed E-state index contributed by atoms with van der Waals surface area (Å²) in [6.07, 6.45) is 5.06. The van der Waals surface area contributed by atoms with Crippen LogP contribution in [-0.4, -0.2) is 36.0 Å². The van der Waals surface area contributed by atoms with Crippen LogP contribution in [0.3, 0.4) is 0 Å². The van der Waals surface area contributed by atoms with E-state index in [1.54, 1.807) is 0 Å². The maximum absolute atomic E-state index is 5.40. The Hall–Kier alpha value is -0.770. The highest BCUT2D eigenvalue weighted by Gasteiger charge is 2.35. The molecule has 13 heavy (non-hydrogen) atoms. The second-order valence-corrected chi connectivity index (χ2v) is 4.01. The van der Waals surface area contributed by atoms with Crippen molar-refractivity contribution in [1.29, 1.82) is 0 Å². The summed E-state index contributed by atoms with van der Waals surface area (Å²) in [5, 5.41) is 0. The molecule has 2 aliphatic rings. The van der Waals surface area contributed by atoms with E-state index in [-0.39, 0.29) is 5.96 Å². The first kappa shape index (κ1) is 8.81. The summed E-state index contributed by atoms with van der Waals surface area (Å²) >= 11 is 0.